The van der Waals surface area contributed by atoms with Gasteiger partial charge < -0.3 is 10.5 Å². The summed E-state index contributed by atoms with van der Waals surface area (Å²) in [5.41, 5.74) is 9.04. The number of ether oxygens (including phenoxy) is 1. The average molecular weight is 276 g/mol. The number of rotatable bonds is 4. The number of hydrogen-bond acceptors (Lipinski definition) is 2. The molecule has 2 aromatic rings. The molecule has 0 aliphatic rings. The Morgan fingerprint density at radius 3 is 2.42 bits per heavy atom. The van der Waals surface area contributed by atoms with E-state index in [0.29, 0.717) is 6.61 Å². The molecule has 0 heterocycles. The lowest BCUT2D eigenvalue weighted by molar-refractivity contribution is 0.306. The summed E-state index contributed by atoms with van der Waals surface area (Å²) in [5, 5.41) is 0.743. The lowest BCUT2D eigenvalue weighted by atomic mass is 10.1. The van der Waals surface area contributed by atoms with Crippen molar-refractivity contribution in [3.8, 4) is 5.75 Å². The highest BCUT2D eigenvalue weighted by Gasteiger charge is 2.03. The van der Waals surface area contributed by atoms with E-state index in [1.54, 1.807) is 0 Å². The molecule has 3 heteroatoms. The predicted molar refractivity (Wildman–Crippen MR) is 79.6 cm³/mol. The molecule has 2 N–H and O–H groups in total. The molecule has 100 valence electrons. The molecule has 0 amide bonds. The Morgan fingerprint density at radius 1 is 1.16 bits per heavy atom. The molecule has 0 saturated carbocycles. The van der Waals surface area contributed by atoms with Gasteiger partial charge in [0.2, 0.25) is 0 Å². The van der Waals surface area contributed by atoms with Crippen LogP contribution in [-0.2, 0) is 6.61 Å². The molecule has 0 aliphatic carbocycles. The first-order valence-corrected chi connectivity index (χ1v) is 6.67. The zero-order valence-corrected chi connectivity index (χ0v) is 11.9. The summed E-state index contributed by atoms with van der Waals surface area (Å²) in [4.78, 5) is 0. The van der Waals surface area contributed by atoms with E-state index in [0.717, 1.165) is 27.5 Å². The average Bonchev–Trinajstić information content (AvgIpc) is 2.38. The number of hydrogen-bond donors (Lipinski definition) is 1. The highest BCUT2D eigenvalue weighted by Crippen LogP contribution is 2.21. The van der Waals surface area contributed by atoms with E-state index in [2.05, 4.69) is 0 Å². The van der Waals surface area contributed by atoms with Gasteiger partial charge in [0.25, 0.3) is 0 Å². The van der Waals surface area contributed by atoms with Crippen LogP contribution < -0.4 is 10.5 Å². The van der Waals surface area contributed by atoms with E-state index in [-0.39, 0.29) is 6.04 Å². The van der Waals surface area contributed by atoms with Gasteiger partial charge in [0.15, 0.2) is 0 Å². The Hall–Kier alpha value is -1.51. The summed E-state index contributed by atoms with van der Waals surface area (Å²) in [6, 6.07) is 13.8. The topological polar surface area (TPSA) is 35.2 Å². The minimum atomic E-state index is 0.0422. The van der Waals surface area contributed by atoms with Crippen LogP contribution in [0.3, 0.4) is 0 Å². The van der Waals surface area contributed by atoms with Crippen molar-refractivity contribution in [3.63, 3.8) is 0 Å². The smallest absolute Gasteiger partial charge is 0.119 e. The van der Waals surface area contributed by atoms with Gasteiger partial charge in [-0.3, -0.25) is 0 Å². The molecule has 19 heavy (non-hydrogen) atoms. The molecule has 2 aromatic carbocycles. The summed E-state index contributed by atoms with van der Waals surface area (Å²) < 4.78 is 5.72. The van der Waals surface area contributed by atoms with Crippen LogP contribution in [0.4, 0.5) is 0 Å². The van der Waals surface area contributed by atoms with Crippen LogP contribution in [0.5, 0.6) is 5.75 Å². The van der Waals surface area contributed by atoms with Crippen LogP contribution in [0, 0.1) is 6.92 Å². The van der Waals surface area contributed by atoms with Gasteiger partial charge in [0.05, 0.1) is 0 Å². The first-order chi connectivity index (χ1) is 9.06. The van der Waals surface area contributed by atoms with Crippen LogP contribution in [0.1, 0.15) is 29.7 Å². The first kappa shape index (κ1) is 13.9. The van der Waals surface area contributed by atoms with Crippen molar-refractivity contribution < 1.29 is 4.74 Å². The maximum Gasteiger partial charge on any atom is 0.119 e. The molecule has 0 unspecified atom stereocenters. The number of benzene rings is 2. The fourth-order valence-electron chi connectivity index (χ4n) is 1.80. The third-order valence-corrected chi connectivity index (χ3v) is 3.36. The van der Waals surface area contributed by atoms with Gasteiger partial charge in [-0.05, 0) is 43.2 Å². The first-order valence-electron chi connectivity index (χ1n) is 6.29. The van der Waals surface area contributed by atoms with E-state index in [1.807, 2.05) is 56.3 Å². The van der Waals surface area contributed by atoms with Crippen LogP contribution >= 0.6 is 11.6 Å². The van der Waals surface area contributed by atoms with Gasteiger partial charge in [-0.2, -0.15) is 0 Å². The lowest BCUT2D eigenvalue weighted by Crippen LogP contribution is -2.04. The second-order valence-electron chi connectivity index (χ2n) is 4.74. The quantitative estimate of drug-likeness (QED) is 0.905. The van der Waals surface area contributed by atoms with E-state index in [4.69, 9.17) is 22.1 Å². The van der Waals surface area contributed by atoms with E-state index >= 15 is 0 Å². The van der Waals surface area contributed by atoms with Crippen molar-refractivity contribution in [2.75, 3.05) is 0 Å². The second kappa shape index (κ2) is 6.09. The zero-order chi connectivity index (χ0) is 13.8. The summed E-state index contributed by atoms with van der Waals surface area (Å²) in [5.74, 6) is 0.820. The highest BCUT2D eigenvalue weighted by molar-refractivity contribution is 6.31. The molecule has 0 spiro atoms. The van der Waals surface area contributed by atoms with Gasteiger partial charge in [-0.25, -0.2) is 0 Å². The third kappa shape index (κ3) is 3.72. The minimum absolute atomic E-state index is 0.0422. The molecule has 2 nitrogen and oxygen atoms in total. The Labute approximate surface area is 119 Å². The Balaban J connectivity index is 2.02. The SMILES string of the molecule is Cc1ccc(COc2ccc([C@@H](C)N)cc2)c(Cl)c1. The number of aryl methyl sites for hydroxylation is 1. The Kier molecular flexibility index (Phi) is 4.46. The largest absolute Gasteiger partial charge is 0.489 e. The Morgan fingerprint density at radius 2 is 1.84 bits per heavy atom. The van der Waals surface area contributed by atoms with Gasteiger partial charge in [-0.1, -0.05) is 35.9 Å². The number of halogens is 1. The zero-order valence-electron chi connectivity index (χ0n) is 11.2. The standard InChI is InChI=1S/C16H18ClNO/c1-11-3-4-14(16(17)9-11)10-19-15-7-5-13(6-8-15)12(2)18/h3-9,12H,10,18H2,1-2H3/t12-/m1/s1. The Bertz CT molecular complexity index is 549. The van der Waals surface area contributed by atoms with Crippen molar-refractivity contribution in [3.05, 3.63) is 64.2 Å². The van der Waals surface area contributed by atoms with E-state index in [1.165, 1.54) is 0 Å². The van der Waals surface area contributed by atoms with Gasteiger partial charge in [-0.15, -0.1) is 0 Å². The van der Waals surface area contributed by atoms with Crippen LogP contribution in [-0.4, -0.2) is 0 Å². The molecule has 0 saturated heterocycles. The summed E-state index contributed by atoms with van der Waals surface area (Å²) in [6.07, 6.45) is 0. The normalized spacial score (nSPS) is 12.2. The molecule has 0 fully saturated rings. The van der Waals surface area contributed by atoms with E-state index < -0.39 is 0 Å². The summed E-state index contributed by atoms with van der Waals surface area (Å²) in [6.45, 7) is 4.45. The van der Waals surface area contributed by atoms with Crippen molar-refractivity contribution >= 4 is 11.6 Å². The monoisotopic (exact) mass is 275 g/mol. The number of nitrogens with two attached hydrogens (primary N) is 1. The van der Waals surface area contributed by atoms with Gasteiger partial charge in [0.1, 0.15) is 12.4 Å². The van der Waals surface area contributed by atoms with Crippen LogP contribution in [0.25, 0.3) is 0 Å². The molecule has 0 aliphatic heterocycles. The highest BCUT2D eigenvalue weighted by atomic mass is 35.5. The molecule has 0 aromatic heterocycles. The predicted octanol–water partition coefficient (Wildman–Crippen LogP) is 4.25. The molecule has 1 atom stereocenters. The van der Waals surface area contributed by atoms with Gasteiger partial charge >= 0.3 is 0 Å². The maximum atomic E-state index is 6.17. The third-order valence-electron chi connectivity index (χ3n) is 3.01. The fourth-order valence-corrected chi connectivity index (χ4v) is 2.09. The maximum absolute atomic E-state index is 6.17. The lowest BCUT2D eigenvalue weighted by Gasteiger charge is -2.10. The molecule has 0 radical (unpaired) electrons. The minimum Gasteiger partial charge on any atom is -0.489 e. The van der Waals surface area contributed by atoms with Crippen molar-refractivity contribution in [1.82, 2.24) is 0 Å². The van der Waals surface area contributed by atoms with Gasteiger partial charge in [0, 0.05) is 16.6 Å². The molecule has 2 rings (SSSR count). The summed E-state index contributed by atoms with van der Waals surface area (Å²) >= 11 is 6.17. The van der Waals surface area contributed by atoms with Crippen molar-refractivity contribution in [1.29, 1.82) is 0 Å². The summed E-state index contributed by atoms with van der Waals surface area (Å²) in [7, 11) is 0. The van der Waals surface area contributed by atoms with E-state index in [9.17, 15) is 0 Å². The molecule has 0 bridgehead atoms. The van der Waals surface area contributed by atoms with Crippen LogP contribution in [0.15, 0.2) is 42.5 Å². The fraction of sp³-hybridized carbons (Fsp3) is 0.250. The van der Waals surface area contributed by atoms with Crippen molar-refractivity contribution in [2.24, 2.45) is 5.73 Å². The molecular formula is C16H18ClNO. The van der Waals surface area contributed by atoms with Crippen molar-refractivity contribution in [2.45, 2.75) is 26.5 Å². The second-order valence-corrected chi connectivity index (χ2v) is 5.15. The van der Waals surface area contributed by atoms with Crippen LogP contribution in [0.2, 0.25) is 5.02 Å². The molecular weight excluding hydrogens is 258 g/mol.